The summed E-state index contributed by atoms with van der Waals surface area (Å²) in [6.45, 7) is 1.47. The Balaban J connectivity index is 2.38. The zero-order valence-electron chi connectivity index (χ0n) is 6.40. The standard InChI is InChI=1S/C8H8N2O2/c11-8(12)6-2-1-4-10-5-3-9-7(6)10/h1-2,4H,3,5H2,(H,11,12). The van der Waals surface area contributed by atoms with Gasteiger partial charge in [0.25, 0.3) is 0 Å². The van der Waals surface area contributed by atoms with Gasteiger partial charge in [0.05, 0.1) is 6.54 Å². The molecule has 2 rings (SSSR count). The van der Waals surface area contributed by atoms with Crippen LogP contribution in [0.25, 0.3) is 0 Å². The third-order valence-electron chi connectivity index (χ3n) is 1.87. The van der Waals surface area contributed by atoms with Crippen LogP contribution in [0.1, 0.15) is 0 Å². The van der Waals surface area contributed by atoms with Crippen molar-refractivity contribution in [2.75, 3.05) is 13.1 Å². The monoisotopic (exact) mass is 164 g/mol. The predicted molar refractivity (Wildman–Crippen MR) is 43.9 cm³/mol. The van der Waals surface area contributed by atoms with E-state index in [9.17, 15) is 4.79 Å². The summed E-state index contributed by atoms with van der Waals surface area (Å²) in [5.41, 5.74) is 0.287. The smallest absolute Gasteiger partial charge is 0.339 e. The highest BCUT2D eigenvalue weighted by Crippen LogP contribution is 2.15. The zero-order valence-corrected chi connectivity index (χ0v) is 6.40. The Labute approximate surface area is 69.5 Å². The molecule has 0 aliphatic carbocycles. The molecule has 0 amide bonds. The summed E-state index contributed by atoms with van der Waals surface area (Å²) in [5.74, 6) is -0.324. The normalized spacial score (nSPS) is 20.2. The number of carbonyl (C=O) groups is 1. The number of aliphatic imine (C=N–C) groups is 1. The maximum Gasteiger partial charge on any atom is 0.339 e. The van der Waals surface area contributed by atoms with Crippen molar-refractivity contribution in [3.63, 3.8) is 0 Å². The Kier molecular flexibility index (Phi) is 1.46. The van der Waals surface area contributed by atoms with Gasteiger partial charge < -0.3 is 10.0 Å². The molecule has 0 bridgehead atoms. The molecular weight excluding hydrogens is 156 g/mol. The second-order valence-corrected chi connectivity index (χ2v) is 2.63. The molecule has 2 aliphatic heterocycles. The van der Waals surface area contributed by atoms with Crippen molar-refractivity contribution in [3.8, 4) is 0 Å². The lowest BCUT2D eigenvalue weighted by Gasteiger charge is -2.18. The zero-order chi connectivity index (χ0) is 8.55. The van der Waals surface area contributed by atoms with E-state index in [1.165, 1.54) is 0 Å². The molecule has 0 saturated heterocycles. The second kappa shape index (κ2) is 2.48. The Hall–Kier alpha value is -1.58. The molecule has 0 aromatic rings. The molecule has 2 heterocycles. The summed E-state index contributed by atoms with van der Waals surface area (Å²) in [7, 11) is 0. The van der Waals surface area contributed by atoms with E-state index in [1.54, 1.807) is 12.2 Å². The molecule has 0 atom stereocenters. The Morgan fingerprint density at radius 2 is 2.50 bits per heavy atom. The molecule has 2 aliphatic rings. The number of carboxylic acid groups (broad SMARTS) is 1. The minimum atomic E-state index is -0.912. The molecule has 0 saturated carbocycles. The van der Waals surface area contributed by atoms with E-state index in [4.69, 9.17) is 5.11 Å². The van der Waals surface area contributed by atoms with Crippen LogP contribution in [0, 0.1) is 0 Å². The summed E-state index contributed by atoms with van der Waals surface area (Å²) in [4.78, 5) is 16.6. The highest BCUT2D eigenvalue weighted by Gasteiger charge is 2.24. The molecule has 0 aromatic carbocycles. The number of nitrogens with zero attached hydrogens (tertiary/aromatic N) is 2. The van der Waals surface area contributed by atoms with Crippen LogP contribution in [0.4, 0.5) is 0 Å². The van der Waals surface area contributed by atoms with Gasteiger partial charge in [-0.2, -0.15) is 0 Å². The maximum atomic E-state index is 10.7. The molecule has 4 nitrogen and oxygen atoms in total. The summed E-state index contributed by atoms with van der Waals surface area (Å²) in [6.07, 6.45) is 5.15. The maximum absolute atomic E-state index is 10.7. The van der Waals surface area contributed by atoms with Crippen LogP contribution in [0.15, 0.2) is 28.9 Å². The lowest BCUT2D eigenvalue weighted by atomic mass is 10.2. The highest BCUT2D eigenvalue weighted by molar-refractivity contribution is 6.19. The Morgan fingerprint density at radius 3 is 3.25 bits per heavy atom. The average Bonchev–Trinajstić information content (AvgIpc) is 2.49. The van der Waals surface area contributed by atoms with E-state index in [0.29, 0.717) is 12.4 Å². The Bertz CT molecular complexity index is 315. The van der Waals surface area contributed by atoms with Crippen molar-refractivity contribution in [1.29, 1.82) is 0 Å². The fourth-order valence-electron chi connectivity index (χ4n) is 1.33. The van der Waals surface area contributed by atoms with Crippen LogP contribution in [-0.2, 0) is 4.79 Å². The van der Waals surface area contributed by atoms with E-state index < -0.39 is 5.97 Å². The third kappa shape index (κ3) is 0.922. The summed E-state index contributed by atoms with van der Waals surface area (Å²) >= 11 is 0. The van der Waals surface area contributed by atoms with Crippen LogP contribution < -0.4 is 0 Å². The summed E-state index contributed by atoms with van der Waals surface area (Å²) < 4.78 is 0. The van der Waals surface area contributed by atoms with Gasteiger partial charge in [-0.05, 0) is 12.2 Å². The third-order valence-corrected chi connectivity index (χ3v) is 1.87. The van der Waals surface area contributed by atoms with E-state index in [2.05, 4.69) is 4.99 Å². The van der Waals surface area contributed by atoms with Gasteiger partial charge in [-0.1, -0.05) is 0 Å². The largest absolute Gasteiger partial charge is 0.478 e. The number of hydrogen-bond acceptors (Lipinski definition) is 3. The van der Waals surface area contributed by atoms with Gasteiger partial charge in [-0.3, -0.25) is 4.99 Å². The Morgan fingerprint density at radius 1 is 1.67 bits per heavy atom. The SMILES string of the molecule is O=C(O)C1=CC=CN2CCN=C12. The van der Waals surface area contributed by atoms with Gasteiger partial charge in [-0.25, -0.2) is 4.79 Å². The van der Waals surface area contributed by atoms with Gasteiger partial charge in [-0.15, -0.1) is 0 Å². The molecule has 4 heteroatoms. The average molecular weight is 164 g/mol. The molecule has 0 fully saturated rings. The van der Waals surface area contributed by atoms with Gasteiger partial charge in [0.15, 0.2) is 0 Å². The van der Waals surface area contributed by atoms with E-state index in [1.807, 2.05) is 11.1 Å². The van der Waals surface area contributed by atoms with Crippen molar-refractivity contribution in [3.05, 3.63) is 23.9 Å². The first kappa shape index (κ1) is 7.09. The van der Waals surface area contributed by atoms with Crippen LogP contribution >= 0.6 is 0 Å². The summed E-state index contributed by atoms with van der Waals surface area (Å²) in [6, 6.07) is 0. The number of aliphatic carboxylic acids is 1. The van der Waals surface area contributed by atoms with Crippen LogP contribution in [0.5, 0.6) is 0 Å². The molecule has 1 N–H and O–H groups in total. The fraction of sp³-hybridized carbons (Fsp3) is 0.250. The predicted octanol–water partition coefficient (Wildman–Crippen LogP) is 0.239. The molecular formula is C8H8N2O2. The molecule has 0 radical (unpaired) electrons. The van der Waals surface area contributed by atoms with Gasteiger partial charge in [0, 0.05) is 12.7 Å². The number of hydrogen-bond donors (Lipinski definition) is 1. The van der Waals surface area contributed by atoms with Gasteiger partial charge >= 0.3 is 5.97 Å². The minimum absolute atomic E-state index is 0.287. The topological polar surface area (TPSA) is 52.9 Å². The lowest BCUT2D eigenvalue weighted by Crippen LogP contribution is -2.28. The highest BCUT2D eigenvalue weighted by atomic mass is 16.4. The molecule has 0 aromatic heterocycles. The van der Waals surface area contributed by atoms with Crippen molar-refractivity contribution in [2.24, 2.45) is 4.99 Å². The number of amidine groups is 1. The number of carboxylic acids is 1. The van der Waals surface area contributed by atoms with Crippen molar-refractivity contribution >= 4 is 11.8 Å². The quantitative estimate of drug-likeness (QED) is 0.604. The van der Waals surface area contributed by atoms with E-state index >= 15 is 0 Å². The molecule has 62 valence electrons. The van der Waals surface area contributed by atoms with Crippen LogP contribution in [0.3, 0.4) is 0 Å². The van der Waals surface area contributed by atoms with Crippen LogP contribution in [0.2, 0.25) is 0 Å². The first-order valence-electron chi connectivity index (χ1n) is 3.72. The molecule has 12 heavy (non-hydrogen) atoms. The fourth-order valence-corrected chi connectivity index (χ4v) is 1.33. The molecule has 0 spiro atoms. The van der Waals surface area contributed by atoms with Crippen LogP contribution in [-0.4, -0.2) is 34.9 Å². The van der Waals surface area contributed by atoms with Gasteiger partial charge in [0.2, 0.25) is 0 Å². The number of fused-ring (bicyclic) bond motifs is 1. The number of allylic oxidation sites excluding steroid dienone is 2. The van der Waals surface area contributed by atoms with E-state index in [-0.39, 0.29) is 5.57 Å². The van der Waals surface area contributed by atoms with Gasteiger partial charge in [0.1, 0.15) is 11.4 Å². The molecule has 0 unspecified atom stereocenters. The van der Waals surface area contributed by atoms with Crippen molar-refractivity contribution in [2.45, 2.75) is 0 Å². The minimum Gasteiger partial charge on any atom is -0.478 e. The number of rotatable bonds is 1. The second-order valence-electron chi connectivity index (χ2n) is 2.63. The van der Waals surface area contributed by atoms with Crippen molar-refractivity contribution in [1.82, 2.24) is 4.90 Å². The lowest BCUT2D eigenvalue weighted by molar-refractivity contribution is -0.132. The first-order chi connectivity index (χ1) is 5.79. The first-order valence-corrected chi connectivity index (χ1v) is 3.72. The van der Waals surface area contributed by atoms with E-state index in [0.717, 1.165) is 6.54 Å². The van der Waals surface area contributed by atoms with Crippen molar-refractivity contribution < 1.29 is 9.90 Å². The summed E-state index contributed by atoms with van der Waals surface area (Å²) in [5, 5.41) is 8.78.